The lowest BCUT2D eigenvalue weighted by Crippen LogP contribution is -2.53. The zero-order valence-corrected chi connectivity index (χ0v) is 18.5. The summed E-state index contributed by atoms with van der Waals surface area (Å²) in [5, 5.41) is 0. The van der Waals surface area contributed by atoms with Crippen molar-refractivity contribution in [1.29, 1.82) is 0 Å². The molecule has 4 aliphatic rings. The first-order chi connectivity index (χ1) is 13.3. The standard InChI is InChI=1S/C25H40O3/c1-16(5-10-23(27)28-4)20-8-9-21-19-7-6-17-15-18(26)11-13-24(17,2)22(19)12-14-25(20,21)3/h16-17,19-22H,5-15H2,1-4H3/t16-,17+,19+,20+,21+,22-,24-,25+/m0/s1. The molecular formula is C25H40O3. The Morgan fingerprint density at radius 1 is 1.07 bits per heavy atom. The quantitative estimate of drug-likeness (QED) is 0.571. The van der Waals surface area contributed by atoms with Crippen LogP contribution in [0.25, 0.3) is 0 Å². The summed E-state index contributed by atoms with van der Waals surface area (Å²) < 4.78 is 4.87. The summed E-state index contributed by atoms with van der Waals surface area (Å²) in [6, 6.07) is 0. The number of rotatable bonds is 4. The Bertz CT molecular complexity index is 627. The number of ether oxygens (including phenoxy) is 1. The Morgan fingerprint density at radius 3 is 2.57 bits per heavy atom. The summed E-state index contributed by atoms with van der Waals surface area (Å²) in [6.07, 6.45) is 12.4. The number of carbonyl (C=O) groups excluding carboxylic acids is 2. The molecule has 0 unspecified atom stereocenters. The fourth-order valence-corrected chi connectivity index (χ4v) is 8.67. The smallest absolute Gasteiger partial charge is 0.305 e. The zero-order chi connectivity index (χ0) is 20.1. The SMILES string of the molecule is COC(=O)CC[C@H](C)[C@H]1CC[C@@H]2[C@H]3CC[C@@H]4CC(=O)CC[C@]4(C)[C@H]3CC[C@@]21C. The molecule has 0 amide bonds. The third kappa shape index (κ3) is 3.16. The average Bonchev–Trinajstić information content (AvgIpc) is 3.03. The summed E-state index contributed by atoms with van der Waals surface area (Å²) >= 11 is 0. The molecule has 0 N–H and O–H groups in total. The molecule has 4 rings (SSSR count). The number of Topliss-reactive ketones (excluding diaryl/α,β-unsaturated/α-hetero) is 1. The van der Waals surface area contributed by atoms with Crippen LogP contribution in [-0.2, 0) is 14.3 Å². The van der Waals surface area contributed by atoms with Crippen LogP contribution in [-0.4, -0.2) is 18.9 Å². The monoisotopic (exact) mass is 388 g/mol. The lowest BCUT2D eigenvalue weighted by Gasteiger charge is -2.60. The fraction of sp³-hybridized carbons (Fsp3) is 0.920. The number of hydrogen-bond acceptors (Lipinski definition) is 3. The minimum absolute atomic E-state index is 0.0617. The Balaban J connectivity index is 1.49. The second-order valence-electron chi connectivity index (χ2n) is 11.2. The van der Waals surface area contributed by atoms with E-state index in [1.54, 1.807) is 0 Å². The van der Waals surface area contributed by atoms with E-state index in [-0.39, 0.29) is 5.97 Å². The van der Waals surface area contributed by atoms with E-state index in [1.165, 1.54) is 45.6 Å². The highest BCUT2D eigenvalue weighted by molar-refractivity contribution is 5.79. The van der Waals surface area contributed by atoms with Crippen LogP contribution >= 0.6 is 0 Å². The van der Waals surface area contributed by atoms with Gasteiger partial charge in [0.25, 0.3) is 0 Å². The zero-order valence-electron chi connectivity index (χ0n) is 18.5. The average molecular weight is 389 g/mol. The topological polar surface area (TPSA) is 43.4 Å². The normalized spacial score (nSPS) is 46.3. The third-order valence-corrected chi connectivity index (χ3v) is 10.3. The van der Waals surface area contributed by atoms with Crippen molar-refractivity contribution in [3.8, 4) is 0 Å². The van der Waals surface area contributed by atoms with Gasteiger partial charge in [-0.15, -0.1) is 0 Å². The van der Waals surface area contributed by atoms with Gasteiger partial charge in [0.2, 0.25) is 0 Å². The van der Waals surface area contributed by atoms with Gasteiger partial charge in [-0.05, 0) is 97.7 Å². The third-order valence-electron chi connectivity index (χ3n) is 10.3. The van der Waals surface area contributed by atoms with Crippen LogP contribution in [0.5, 0.6) is 0 Å². The summed E-state index contributed by atoms with van der Waals surface area (Å²) in [4.78, 5) is 23.7. The van der Waals surface area contributed by atoms with Crippen molar-refractivity contribution in [1.82, 2.24) is 0 Å². The van der Waals surface area contributed by atoms with Crippen LogP contribution in [0.1, 0.15) is 91.4 Å². The number of methoxy groups -OCH3 is 1. The highest BCUT2D eigenvalue weighted by Crippen LogP contribution is 2.68. The molecule has 0 aromatic carbocycles. The van der Waals surface area contributed by atoms with E-state index in [2.05, 4.69) is 20.8 Å². The van der Waals surface area contributed by atoms with Crippen molar-refractivity contribution in [3.63, 3.8) is 0 Å². The molecule has 0 aliphatic heterocycles. The van der Waals surface area contributed by atoms with E-state index < -0.39 is 0 Å². The van der Waals surface area contributed by atoms with Gasteiger partial charge >= 0.3 is 5.97 Å². The molecule has 0 spiro atoms. The summed E-state index contributed by atoms with van der Waals surface area (Å²) in [5.74, 6) is 5.01. The molecule has 4 fully saturated rings. The second kappa shape index (κ2) is 7.43. The highest BCUT2D eigenvalue weighted by Gasteiger charge is 2.60. The summed E-state index contributed by atoms with van der Waals surface area (Å²) in [7, 11) is 1.50. The predicted molar refractivity (Wildman–Crippen MR) is 111 cm³/mol. The van der Waals surface area contributed by atoms with Gasteiger partial charge in [-0.3, -0.25) is 9.59 Å². The molecule has 3 nitrogen and oxygen atoms in total. The lowest BCUT2D eigenvalue weighted by molar-refractivity contribution is -0.141. The van der Waals surface area contributed by atoms with Gasteiger partial charge in [0.05, 0.1) is 7.11 Å². The Kier molecular flexibility index (Phi) is 5.42. The van der Waals surface area contributed by atoms with E-state index in [0.717, 1.165) is 49.4 Å². The molecule has 3 heteroatoms. The van der Waals surface area contributed by atoms with Crippen LogP contribution < -0.4 is 0 Å². The first-order valence-electron chi connectivity index (χ1n) is 11.9. The number of ketones is 1. The number of fused-ring (bicyclic) bond motifs is 5. The van der Waals surface area contributed by atoms with Crippen molar-refractivity contribution in [2.24, 2.45) is 46.3 Å². The van der Waals surface area contributed by atoms with E-state index in [4.69, 9.17) is 4.74 Å². The van der Waals surface area contributed by atoms with Gasteiger partial charge in [-0.25, -0.2) is 0 Å². The van der Waals surface area contributed by atoms with Crippen LogP contribution in [0.15, 0.2) is 0 Å². The maximum Gasteiger partial charge on any atom is 0.305 e. The maximum atomic E-state index is 12.1. The summed E-state index contributed by atoms with van der Waals surface area (Å²) in [5.41, 5.74) is 0.858. The van der Waals surface area contributed by atoms with Gasteiger partial charge < -0.3 is 4.74 Å². The van der Waals surface area contributed by atoms with Gasteiger partial charge in [0.1, 0.15) is 5.78 Å². The van der Waals surface area contributed by atoms with Crippen molar-refractivity contribution < 1.29 is 14.3 Å². The number of esters is 1. The molecule has 158 valence electrons. The molecule has 0 radical (unpaired) electrons. The first-order valence-corrected chi connectivity index (χ1v) is 11.9. The van der Waals surface area contributed by atoms with E-state index in [1.807, 2.05) is 0 Å². The lowest BCUT2D eigenvalue weighted by atomic mass is 9.44. The molecule has 0 aromatic heterocycles. The van der Waals surface area contributed by atoms with E-state index in [9.17, 15) is 9.59 Å². The fourth-order valence-electron chi connectivity index (χ4n) is 8.67. The van der Waals surface area contributed by atoms with Gasteiger partial charge in [0.15, 0.2) is 0 Å². The highest BCUT2D eigenvalue weighted by atomic mass is 16.5. The molecule has 0 saturated heterocycles. The van der Waals surface area contributed by atoms with Gasteiger partial charge in [0, 0.05) is 19.3 Å². The molecular weight excluding hydrogens is 348 g/mol. The van der Waals surface area contributed by atoms with Crippen LogP contribution in [0, 0.1) is 46.3 Å². The van der Waals surface area contributed by atoms with Gasteiger partial charge in [-0.2, -0.15) is 0 Å². The summed E-state index contributed by atoms with van der Waals surface area (Å²) in [6.45, 7) is 7.49. The number of carbonyl (C=O) groups is 2. The van der Waals surface area contributed by atoms with Crippen molar-refractivity contribution in [3.05, 3.63) is 0 Å². The van der Waals surface area contributed by atoms with Crippen molar-refractivity contribution in [2.75, 3.05) is 7.11 Å². The minimum Gasteiger partial charge on any atom is -0.469 e. The van der Waals surface area contributed by atoms with Crippen LogP contribution in [0.4, 0.5) is 0 Å². The largest absolute Gasteiger partial charge is 0.469 e. The predicted octanol–water partition coefficient (Wildman–Crippen LogP) is 5.80. The Hall–Kier alpha value is -0.860. The van der Waals surface area contributed by atoms with Crippen LogP contribution in [0.3, 0.4) is 0 Å². The molecule has 8 atom stereocenters. The first kappa shape index (κ1) is 20.4. The van der Waals surface area contributed by atoms with Crippen LogP contribution in [0.2, 0.25) is 0 Å². The van der Waals surface area contributed by atoms with Crippen molar-refractivity contribution >= 4 is 11.8 Å². The Morgan fingerprint density at radius 2 is 1.82 bits per heavy atom. The second-order valence-corrected chi connectivity index (χ2v) is 11.2. The molecule has 4 saturated carbocycles. The molecule has 0 bridgehead atoms. The molecule has 0 heterocycles. The molecule has 0 aromatic rings. The number of hydrogen-bond donors (Lipinski definition) is 0. The molecule has 4 aliphatic carbocycles. The Labute approximate surface area is 171 Å². The molecule has 28 heavy (non-hydrogen) atoms. The van der Waals surface area contributed by atoms with Crippen molar-refractivity contribution in [2.45, 2.75) is 91.4 Å². The minimum atomic E-state index is -0.0617. The maximum absolute atomic E-state index is 12.1. The van der Waals surface area contributed by atoms with E-state index >= 15 is 0 Å². The van der Waals surface area contributed by atoms with E-state index in [0.29, 0.717) is 34.9 Å². The van der Waals surface area contributed by atoms with Gasteiger partial charge in [-0.1, -0.05) is 20.8 Å².